The highest BCUT2D eigenvalue weighted by Crippen LogP contribution is 2.21. The maximum absolute atomic E-state index is 12.1. The minimum atomic E-state index is -3.58. The molecular formula is C16H18N2O6S2. The molecule has 8 nitrogen and oxygen atoms in total. The number of benzene rings is 1. The minimum Gasteiger partial charge on any atom is -0.496 e. The number of carboxylic acid groups (broad SMARTS) is 1. The van der Waals surface area contributed by atoms with Crippen LogP contribution in [-0.2, 0) is 16.4 Å². The monoisotopic (exact) mass is 398 g/mol. The molecule has 1 aromatic carbocycles. The molecule has 0 spiro atoms. The van der Waals surface area contributed by atoms with E-state index in [0.29, 0.717) is 12.2 Å². The van der Waals surface area contributed by atoms with Crippen molar-refractivity contribution in [3.8, 4) is 5.75 Å². The number of methoxy groups -OCH3 is 1. The number of aromatic carboxylic acids is 1. The van der Waals surface area contributed by atoms with Gasteiger partial charge in [-0.2, -0.15) is 0 Å². The number of amides is 1. The summed E-state index contributed by atoms with van der Waals surface area (Å²) in [4.78, 5) is 23.4. The Hall–Kier alpha value is -2.43. The van der Waals surface area contributed by atoms with Crippen molar-refractivity contribution in [2.45, 2.75) is 11.3 Å². The number of thiophene rings is 1. The number of ether oxygens (including phenoxy) is 1. The Balaban J connectivity index is 2.00. The maximum Gasteiger partial charge on any atom is 0.335 e. The lowest BCUT2D eigenvalue weighted by Crippen LogP contribution is -2.25. The van der Waals surface area contributed by atoms with E-state index < -0.39 is 16.0 Å². The highest BCUT2D eigenvalue weighted by atomic mass is 32.2. The quantitative estimate of drug-likeness (QED) is 0.617. The lowest BCUT2D eigenvalue weighted by Gasteiger charge is -2.10. The maximum atomic E-state index is 12.1. The lowest BCUT2D eigenvalue weighted by molar-refractivity contribution is 0.0696. The van der Waals surface area contributed by atoms with E-state index in [0.717, 1.165) is 16.9 Å². The molecule has 0 aliphatic carbocycles. The summed E-state index contributed by atoms with van der Waals surface area (Å²) in [6.07, 6.45) is 0.432. The van der Waals surface area contributed by atoms with Crippen LogP contribution in [0.3, 0.4) is 0 Å². The van der Waals surface area contributed by atoms with Crippen molar-refractivity contribution in [1.82, 2.24) is 10.0 Å². The van der Waals surface area contributed by atoms with E-state index in [2.05, 4.69) is 10.0 Å². The van der Waals surface area contributed by atoms with E-state index in [1.54, 1.807) is 6.07 Å². The van der Waals surface area contributed by atoms with Gasteiger partial charge in [0.05, 0.1) is 22.4 Å². The fourth-order valence-corrected chi connectivity index (χ4v) is 4.10. The van der Waals surface area contributed by atoms with Crippen LogP contribution < -0.4 is 14.8 Å². The average Bonchev–Trinajstić information content (AvgIpc) is 3.12. The van der Waals surface area contributed by atoms with Crippen LogP contribution in [0.2, 0.25) is 0 Å². The Morgan fingerprint density at radius 2 is 2.00 bits per heavy atom. The smallest absolute Gasteiger partial charge is 0.335 e. The SMILES string of the molecule is CNS(=O)(=O)c1csc(C(=O)NCCc2ccc(C(=O)O)cc2OC)c1. The average molecular weight is 398 g/mol. The molecule has 0 radical (unpaired) electrons. The standard InChI is InChI=1S/C16H18N2O6S2/c1-17-26(22,23)12-8-14(25-9-12)15(19)18-6-5-10-3-4-11(16(20)21)7-13(10)24-2/h3-4,7-9,17H,5-6H2,1-2H3,(H,18,19)(H,20,21). The highest BCUT2D eigenvalue weighted by Gasteiger charge is 2.17. The van der Waals surface area contributed by atoms with Gasteiger partial charge in [-0.1, -0.05) is 6.07 Å². The summed E-state index contributed by atoms with van der Waals surface area (Å²) < 4.78 is 30.8. The zero-order valence-corrected chi connectivity index (χ0v) is 15.7. The molecule has 26 heavy (non-hydrogen) atoms. The van der Waals surface area contributed by atoms with Crippen molar-refractivity contribution in [1.29, 1.82) is 0 Å². The van der Waals surface area contributed by atoms with Gasteiger partial charge in [-0.05, 0) is 37.2 Å². The number of rotatable bonds is 8. The molecule has 3 N–H and O–H groups in total. The van der Waals surface area contributed by atoms with E-state index in [9.17, 15) is 18.0 Å². The van der Waals surface area contributed by atoms with Crippen LogP contribution in [0, 0.1) is 0 Å². The van der Waals surface area contributed by atoms with Gasteiger partial charge < -0.3 is 15.2 Å². The third-order valence-corrected chi connectivity index (χ3v) is 6.06. The Kier molecular flexibility index (Phi) is 6.35. The Morgan fingerprint density at radius 3 is 2.62 bits per heavy atom. The molecule has 0 aliphatic heterocycles. The van der Waals surface area contributed by atoms with E-state index in [1.165, 1.54) is 37.7 Å². The summed E-state index contributed by atoms with van der Waals surface area (Å²) in [5, 5.41) is 13.1. The van der Waals surface area contributed by atoms with Gasteiger partial charge in [0.15, 0.2) is 0 Å². The van der Waals surface area contributed by atoms with Crippen molar-refractivity contribution in [2.75, 3.05) is 20.7 Å². The van der Waals surface area contributed by atoms with Crippen molar-refractivity contribution in [2.24, 2.45) is 0 Å². The first-order valence-corrected chi connectivity index (χ1v) is 9.85. The molecular weight excluding hydrogens is 380 g/mol. The molecule has 140 valence electrons. The topological polar surface area (TPSA) is 122 Å². The number of carbonyl (C=O) groups excluding carboxylic acids is 1. The van der Waals surface area contributed by atoms with Crippen molar-refractivity contribution in [3.05, 3.63) is 45.6 Å². The molecule has 0 fully saturated rings. The van der Waals surface area contributed by atoms with Crippen molar-refractivity contribution >= 4 is 33.2 Å². The number of sulfonamides is 1. The van der Waals surface area contributed by atoms with Crippen LogP contribution in [0.1, 0.15) is 25.6 Å². The molecule has 1 aromatic heterocycles. The molecule has 0 saturated heterocycles. The largest absolute Gasteiger partial charge is 0.496 e. The van der Waals surface area contributed by atoms with Crippen LogP contribution in [0.4, 0.5) is 0 Å². The molecule has 0 saturated carbocycles. The normalized spacial score (nSPS) is 11.2. The molecule has 2 aromatic rings. The van der Waals surface area contributed by atoms with Gasteiger partial charge in [-0.3, -0.25) is 4.79 Å². The number of hydrogen-bond donors (Lipinski definition) is 3. The Labute approximate surface area is 154 Å². The zero-order valence-electron chi connectivity index (χ0n) is 14.1. The molecule has 0 atom stereocenters. The van der Waals surface area contributed by atoms with E-state index in [-0.39, 0.29) is 27.8 Å². The van der Waals surface area contributed by atoms with Gasteiger partial charge in [0, 0.05) is 11.9 Å². The predicted molar refractivity (Wildman–Crippen MR) is 96.6 cm³/mol. The fourth-order valence-electron chi connectivity index (χ4n) is 2.18. The third-order valence-electron chi connectivity index (χ3n) is 3.59. The number of nitrogens with one attached hydrogen (secondary N) is 2. The summed E-state index contributed by atoms with van der Waals surface area (Å²) >= 11 is 1.04. The third kappa shape index (κ3) is 4.59. The van der Waals surface area contributed by atoms with Crippen LogP contribution in [0.15, 0.2) is 34.5 Å². The predicted octanol–water partition coefficient (Wildman–Crippen LogP) is 1.34. The second-order valence-electron chi connectivity index (χ2n) is 5.19. The van der Waals surface area contributed by atoms with Gasteiger partial charge in [0.25, 0.3) is 5.91 Å². The zero-order chi connectivity index (χ0) is 19.3. The van der Waals surface area contributed by atoms with Crippen molar-refractivity contribution in [3.63, 3.8) is 0 Å². The van der Waals surface area contributed by atoms with E-state index in [1.807, 2.05) is 0 Å². The van der Waals surface area contributed by atoms with Crippen LogP contribution >= 0.6 is 11.3 Å². The summed E-state index contributed by atoms with van der Waals surface area (Å²) in [5.41, 5.74) is 0.869. The lowest BCUT2D eigenvalue weighted by atomic mass is 10.1. The van der Waals surface area contributed by atoms with Gasteiger partial charge in [0.2, 0.25) is 10.0 Å². The second kappa shape index (κ2) is 8.30. The molecule has 1 amide bonds. The van der Waals surface area contributed by atoms with Crippen LogP contribution in [0.5, 0.6) is 5.75 Å². The number of carbonyl (C=O) groups is 2. The highest BCUT2D eigenvalue weighted by molar-refractivity contribution is 7.89. The first-order chi connectivity index (χ1) is 12.3. The van der Waals surface area contributed by atoms with E-state index >= 15 is 0 Å². The van der Waals surface area contributed by atoms with Crippen LogP contribution in [-0.4, -0.2) is 46.1 Å². The van der Waals surface area contributed by atoms with Crippen molar-refractivity contribution < 1.29 is 27.9 Å². The Bertz CT molecular complexity index is 921. The molecule has 2 rings (SSSR count). The summed E-state index contributed by atoms with van der Waals surface area (Å²) in [5.74, 6) is -1.00. The molecule has 10 heteroatoms. The van der Waals surface area contributed by atoms with Gasteiger partial charge in [0.1, 0.15) is 5.75 Å². The summed E-state index contributed by atoms with van der Waals surface area (Å²) in [7, 11) is -0.834. The first kappa shape index (κ1) is 19.9. The summed E-state index contributed by atoms with van der Waals surface area (Å²) in [6, 6.07) is 5.84. The van der Waals surface area contributed by atoms with Gasteiger partial charge in [-0.15, -0.1) is 11.3 Å². The second-order valence-corrected chi connectivity index (χ2v) is 7.99. The summed E-state index contributed by atoms with van der Waals surface area (Å²) in [6.45, 7) is 0.285. The fraction of sp³-hybridized carbons (Fsp3) is 0.250. The number of carboxylic acids is 1. The molecule has 0 unspecified atom stereocenters. The Morgan fingerprint density at radius 1 is 1.27 bits per heavy atom. The molecule has 1 heterocycles. The number of hydrogen-bond acceptors (Lipinski definition) is 6. The molecule has 0 bridgehead atoms. The minimum absolute atomic E-state index is 0.0427. The molecule has 0 aliphatic rings. The first-order valence-electron chi connectivity index (χ1n) is 7.49. The van der Waals surface area contributed by atoms with Gasteiger partial charge >= 0.3 is 5.97 Å². The van der Waals surface area contributed by atoms with E-state index in [4.69, 9.17) is 9.84 Å². The van der Waals surface area contributed by atoms with Gasteiger partial charge in [-0.25, -0.2) is 17.9 Å². The van der Waals surface area contributed by atoms with Crippen LogP contribution in [0.25, 0.3) is 0 Å².